The summed E-state index contributed by atoms with van der Waals surface area (Å²) in [7, 11) is 1.51. The van der Waals surface area contributed by atoms with Crippen LogP contribution in [0.1, 0.15) is 30.1 Å². The lowest BCUT2D eigenvalue weighted by Crippen LogP contribution is -2.34. The van der Waals surface area contributed by atoms with E-state index in [-0.39, 0.29) is 11.3 Å². The molecule has 9 nitrogen and oxygen atoms in total. The van der Waals surface area contributed by atoms with Gasteiger partial charge in [-0.2, -0.15) is 0 Å². The molecule has 2 rings (SSSR count). The summed E-state index contributed by atoms with van der Waals surface area (Å²) < 4.78 is 9.73. The van der Waals surface area contributed by atoms with Gasteiger partial charge in [0.25, 0.3) is 11.6 Å². The maximum absolute atomic E-state index is 12.1. The number of benzene rings is 1. The zero-order chi connectivity index (χ0) is 19.8. The molecule has 1 saturated heterocycles. The van der Waals surface area contributed by atoms with E-state index in [1.807, 2.05) is 4.90 Å². The number of amides is 1. The molecule has 1 aromatic rings. The maximum atomic E-state index is 12.1. The van der Waals surface area contributed by atoms with Gasteiger partial charge >= 0.3 is 5.97 Å². The Morgan fingerprint density at radius 2 is 2.19 bits per heavy atom. The molecule has 0 unspecified atom stereocenters. The number of esters is 1. The van der Waals surface area contributed by atoms with Crippen LogP contribution < -0.4 is 10.2 Å². The zero-order valence-electron chi connectivity index (χ0n) is 15.6. The van der Waals surface area contributed by atoms with Crippen molar-refractivity contribution in [1.82, 2.24) is 5.32 Å². The van der Waals surface area contributed by atoms with E-state index in [9.17, 15) is 19.7 Å². The number of nitro benzene ring substituents is 1. The first-order chi connectivity index (χ1) is 12.9. The predicted molar refractivity (Wildman–Crippen MR) is 98.9 cm³/mol. The Morgan fingerprint density at radius 3 is 2.85 bits per heavy atom. The number of hydrogen-bond donors (Lipinski definition) is 1. The number of carbonyl (C=O) groups is 2. The Bertz CT molecular complexity index is 694. The number of nitro groups is 1. The molecule has 0 saturated carbocycles. The maximum Gasteiger partial charge on any atom is 0.338 e. The number of nitrogens with zero attached hydrogens (tertiary/aromatic N) is 2. The van der Waals surface area contributed by atoms with Gasteiger partial charge in [0.15, 0.2) is 6.61 Å². The highest BCUT2D eigenvalue weighted by Gasteiger charge is 2.25. The van der Waals surface area contributed by atoms with E-state index in [2.05, 4.69) is 12.2 Å². The molecule has 27 heavy (non-hydrogen) atoms. The van der Waals surface area contributed by atoms with Gasteiger partial charge in [-0.15, -0.1) is 0 Å². The highest BCUT2D eigenvalue weighted by atomic mass is 16.6. The van der Waals surface area contributed by atoms with Crippen LogP contribution in [0.5, 0.6) is 0 Å². The molecule has 0 spiro atoms. The predicted octanol–water partition coefficient (Wildman–Crippen LogP) is 1.75. The topological polar surface area (TPSA) is 111 Å². The average molecular weight is 379 g/mol. The van der Waals surface area contributed by atoms with Gasteiger partial charge in [0.1, 0.15) is 5.69 Å². The fourth-order valence-corrected chi connectivity index (χ4v) is 3.03. The molecular formula is C18H25N3O6. The molecule has 0 aromatic heterocycles. The number of rotatable bonds is 8. The first-order valence-corrected chi connectivity index (χ1v) is 8.88. The van der Waals surface area contributed by atoms with Crippen LogP contribution >= 0.6 is 0 Å². The molecule has 9 heteroatoms. The lowest BCUT2D eigenvalue weighted by molar-refractivity contribution is -0.384. The van der Waals surface area contributed by atoms with Gasteiger partial charge in [0, 0.05) is 32.8 Å². The molecule has 1 heterocycles. The SMILES string of the molecule is COCCNC(=O)COC(=O)c1ccc(N2CCC[C@@H](C)C2)c([N+](=O)[O-])c1. The Kier molecular flexibility index (Phi) is 7.54. The van der Waals surface area contributed by atoms with Crippen molar-refractivity contribution in [3.63, 3.8) is 0 Å². The van der Waals surface area contributed by atoms with Gasteiger partial charge < -0.3 is 19.7 Å². The van der Waals surface area contributed by atoms with Gasteiger partial charge in [0.2, 0.25) is 0 Å². The molecular weight excluding hydrogens is 354 g/mol. The van der Waals surface area contributed by atoms with Crippen molar-refractivity contribution in [2.24, 2.45) is 5.92 Å². The van der Waals surface area contributed by atoms with Gasteiger partial charge in [0.05, 0.1) is 17.1 Å². The van der Waals surface area contributed by atoms with E-state index in [4.69, 9.17) is 9.47 Å². The monoisotopic (exact) mass is 379 g/mol. The quantitative estimate of drug-likeness (QED) is 0.317. The molecule has 1 aliphatic heterocycles. The summed E-state index contributed by atoms with van der Waals surface area (Å²) in [5, 5.41) is 14.0. The van der Waals surface area contributed by atoms with E-state index in [0.717, 1.165) is 25.9 Å². The number of ether oxygens (including phenoxy) is 2. The Hall–Kier alpha value is -2.68. The molecule has 1 aromatic carbocycles. The average Bonchev–Trinajstić information content (AvgIpc) is 2.65. The third kappa shape index (κ3) is 5.92. The summed E-state index contributed by atoms with van der Waals surface area (Å²) in [6, 6.07) is 4.28. The number of anilines is 1. The van der Waals surface area contributed by atoms with Crippen molar-refractivity contribution >= 4 is 23.3 Å². The lowest BCUT2D eigenvalue weighted by Gasteiger charge is -2.32. The van der Waals surface area contributed by atoms with Crippen molar-refractivity contribution in [2.45, 2.75) is 19.8 Å². The molecule has 1 N–H and O–H groups in total. The zero-order valence-corrected chi connectivity index (χ0v) is 15.6. The van der Waals surface area contributed by atoms with Crippen LogP contribution in [-0.2, 0) is 14.3 Å². The second-order valence-corrected chi connectivity index (χ2v) is 6.57. The normalized spacial score (nSPS) is 16.7. The van der Waals surface area contributed by atoms with Crippen molar-refractivity contribution in [1.29, 1.82) is 0 Å². The second-order valence-electron chi connectivity index (χ2n) is 6.57. The van der Waals surface area contributed by atoms with Crippen LogP contribution in [0.2, 0.25) is 0 Å². The first kappa shape index (κ1) is 20.6. The molecule has 0 bridgehead atoms. The van der Waals surface area contributed by atoms with Crippen LogP contribution in [0.15, 0.2) is 18.2 Å². The summed E-state index contributed by atoms with van der Waals surface area (Å²) in [5.41, 5.74) is 0.406. The minimum absolute atomic E-state index is 0.0419. The third-order valence-corrected chi connectivity index (χ3v) is 4.37. The Balaban J connectivity index is 2.05. The van der Waals surface area contributed by atoms with Gasteiger partial charge in [-0.05, 0) is 30.9 Å². The van der Waals surface area contributed by atoms with Crippen molar-refractivity contribution < 1.29 is 24.0 Å². The van der Waals surface area contributed by atoms with E-state index in [1.165, 1.54) is 19.2 Å². The van der Waals surface area contributed by atoms with Crippen molar-refractivity contribution in [2.75, 3.05) is 44.9 Å². The summed E-state index contributed by atoms with van der Waals surface area (Å²) >= 11 is 0. The van der Waals surface area contributed by atoms with E-state index in [1.54, 1.807) is 6.07 Å². The van der Waals surface area contributed by atoms with Crippen LogP contribution in [0.3, 0.4) is 0 Å². The van der Waals surface area contributed by atoms with Crippen LogP contribution in [0.4, 0.5) is 11.4 Å². The Morgan fingerprint density at radius 1 is 1.41 bits per heavy atom. The smallest absolute Gasteiger partial charge is 0.338 e. The number of carbonyl (C=O) groups excluding carboxylic acids is 2. The molecule has 1 aliphatic rings. The number of methoxy groups -OCH3 is 1. The minimum atomic E-state index is -0.779. The van der Waals surface area contributed by atoms with Crippen LogP contribution in [0, 0.1) is 16.0 Å². The standard InChI is InChI=1S/C18H25N3O6/c1-13-4-3-8-20(11-13)15-6-5-14(10-16(15)21(24)25)18(23)27-12-17(22)19-7-9-26-2/h5-6,10,13H,3-4,7-9,11-12H2,1-2H3,(H,19,22)/t13-/m1/s1. The van der Waals surface area contributed by atoms with Crippen LogP contribution in [0.25, 0.3) is 0 Å². The molecule has 148 valence electrons. The summed E-state index contributed by atoms with van der Waals surface area (Å²) in [6.45, 7) is 3.80. The van der Waals surface area contributed by atoms with Gasteiger partial charge in [-0.25, -0.2) is 4.79 Å². The lowest BCUT2D eigenvalue weighted by atomic mass is 9.99. The molecule has 1 amide bonds. The van der Waals surface area contributed by atoms with E-state index < -0.39 is 23.4 Å². The Labute approximate surface area is 157 Å². The molecule has 0 aliphatic carbocycles. The van der Waals surface area contributed by atoms with Crippen molar-refractivity contribution in [3.05, 3.63) is 33.9 Å². The van der Waals surface area contributed by atoms with Gasteiger partial charge in [-0.3, -0.25) is 14.9 Å². The largest absolute Gasteiger partial charge is 0.452 e. The van der Waals surface area contributed by atoms with Gasteiger partial charge in [-0.1, -0.05) is 6.92 Å². The second kappa shape index (κ2) is 9.86. The summed E-state index contributed by atoms with van der Waals surface area (Å²) in [6.07, 6.45) is 2.07. The van der Waals surface area contributed by atoms with Crippen molar-refractivity contribution in [3.8, 4) is 0 Å². The summed E-state index contributed by atoms with van der Waals surface area (Å²) in [5.74, 6) is -0.785. The first-order valence-electron chi connectivity index (χ1n) is 8.88. The fraction of sp³-hybridized carbons (Fsp3) is 0.556. The van der Waals surface area contributed by atoms with Crippen LogP contribution in [-0.4, -0.2) is 56.8 Å². The summed E-state index contributed by atoms with van der Waals surface area (Å²) in [4.78, 5) is 36.7. The molecule has 0 radical (unpaired) electrons. The third-order valence-electron chi connectivity index (χ3n) is 4.37. The number of nitrogens with one attached hydrogen (secondary N) is 1. The molecule has 1 fully saturated rings. The molecule has 1 atom stereocenters. The highest BCUT2D eigenvalue weighted by Crippen LogP contribution is 2.32. The number of piperidine rings is 1. The van der Waals surface area contributed by atoms with E-state index in [0.29, 0.717) is 24.8 Å². The number of hydrogen-bond acceptors (Lipinski definition) is 7. The minimum Gasteiger partial charge on any atom is -0.452 e. The highest BCUT2D eigenvalue weighted by molar-refractivity contribution is 5.93. The fourth-order valence-electron chi connectivity index (χ4n) is 3.03. The van der Waals surface area contributed by atoms with E-state index >= 15 is 0 Å².